The molecule has 0 radical (unpaired) electrons. The topological polar surface area (TPSA) is 82.7 Å². The third-order valence-electron chi connectivity index (χ3n) is 4.27. The van der Waals surface area contributed by atoms with Crippen LogP contribution in [0.15, 0.2) is 42.4 Å². The summed E-state index contributed by atoms with van der Waals surface area (Å²) in [7, 11) is 3.71. The second-order valence-corrected chi connectivity index (χ2v) is 6.81. The van der Waals surface area contributed by atoms with Crippen LogP contribution in [0.25, 0.3) is 6.08 Å². The van der Waals surface area contributed by atoms with E-state index in [2.05, 4.69) is 17.6 Å². The molecule has 1 aromatic heterocycles. The molecule has 0 aromatic carbocycles. The van der Waals surface area contributed by atoms with Gasteiger partial charge in [0.2, 0.25) is 5.91 Å². The highest BCUT2D eigenvalue weighted by Gasteiger charge is 2.20. The molecule has 0 bridgehead atoms. The molecule has 0 fully saturated rings. The Morgan fingerprint density at radius 3 is 2.80 bits per heavy atom. The highest BCUT2D eigenvalue weighted by molar-refractivity contribution is 5.91. The lowest BCUT2D eigenvalue weighted by Gasteiger charge is -2.22. The average Bonchev–Trinajstić information content (AvgIpc) is 2.84. The molecule has 0 atom stereocenters. The SMILES string of the molecule is C=C1CC=C(CN(C)C(=O)/C=C/c2cnc(N)c(C(C)(C)O)c2)N1C. The van der Waals surface area contributed by atoms with Crippen LogP contribution in [0.1, 0.15) is 31.4 Å². The number of pyridine rings is 1. The van der Waals surface area contributed by atoms with E-state index in [1.165, 1.54) is 6.08 Å². The summed E-state index contributed by atoms with van der Waals surface area (Å²) in [6.45, 7) is 7.78. The Labute approximate surface area is 149 Å². The monoisotopic (exact) mass is 342 g/mol. The zero-order valence-electron chi connectivity index (χ0n) is 15.3. The Balaban J connectivity index is 2.06. The number of aliphatic hydroxyl groups is 1. The van der Waals surface area contributed by atoms with E-state index in [1.54, 1.807) is 44.1 Å². The van der Waals surface area contributed by atoms with Crippen molar-refractivity contribution in [3.05, 3.63) is 53.5 Å². The second-order valence-electron chi connectivity index (χ2n) is 6.81. The maximum Gasteiger partial charge on any atom is 0.246 e. The minimum absolute atomic E-state index is 0.117. The first-order chi connectivity index (χ1) is 11.6. The van der Waals surface area contributed by atoms with Gasteiger partial charge in [-0.25, -0.2) is 4.98 Å². The summed E-state index contributed by atoms with van der Waals surface area (Å²) in [4.78, 5) is 20.0. The first-order valence-corrected chi connectivity index (χ1v) is 8.11. The van der Waals surface area contributed by atoms with Crippen molar-refractivity contribution in [2.45, 2.75) is 25.9 Å². The predicted octanol–water partition coefficient (Wildman–Crippen LogP) is 2.10. The van der Waals surface area contributed by atoms with E-state index in [9.17, 15) is 9.90 Å². The van der Waals surface area contributed by atoms with Gasteiger partial charge in [-0.3, -0.25) is 4.79 Å². The largest absolute Gasteiger partial charge is 0.386 e. The number of amides is 1. The van der Waals surface area contributed by atoms with Gasteiger partial charge in [-0.15, -0.1) is 0 Å². The summed E-state index contributed by atoms with van der Waals surface area (Å²) in [5, 5.41) is 10.1. The van der Waals surface area contributed by atoms with Crippen molar-refractivity contribution in [2.24, 2.45) is 0 Å². The fraction of sp³-hybridized carbons (Fsp3) is 0.368. The number of likely N-dealkylation sites (N-methyl/N-ethyl adjacent to an activating group) is 2. The lowest BCUT2D eigenvalue weighted by Crippen LogP contribution is -2.30. The van der Waals surface area contributed by atoms with Crippen LogP contribution in [0.3, 0.4) is 0 Å². The van der Waals surface area contributed by atoms with Crippen LogP contribution in [-0.2, 0) is 10.4 Å². The fourth-order valence-electron chi connectivity index (χ4n) is 2.57. The van der Waals surface area contributed by atoms with Crippen LogP contribution in [0.5, 0.6) is 0 Å². The fourth-order valence-corrected chi connectivity index (χ4v) is 2.57. The standard InChI is InChI=1S/C19H26N4O2/c1-13-6-8-15(23(13)5)12-22(4)17(24)9-7-14-10-16(19(2,3)25)18(20)21-11-14/h7-11,25H,1,6,12H2,2-5H3,(H2,20,21)/b9-7+. The van der Waals surface area contributed by atoms with E-state index in [-0.39, 0.29) is 11.7 Å². The summed E-state index contributed by atoms with van der Waals surface area (Å²) >= 11 is 0. The molecule has 3 N–H and O–H groups in total. The van der Waals surface area contributed by atoms with Crippen molar-refractivity contribution in [3.63, 3.8) is 0 Å². The van der Waals surface area contributed by atoms with Gasteiger partial charge in [0, 0.05) is 49.7 Å². The lowest BCUT2D eigenvalue weighted by atomic mass is 9.97. The van der Waals surface area contributed by atoms with Gasteiger partial charge in [0.25, 0.3) is 0 Å². The van der Waals surface area contributed by atoms with E-state index in [4.69, 9.17) is 5.73 Å². The lowest BCUT2D eigenvalue weighted by molar-refractivity contribution is -0.124. The Hall–Kier alpha value is -2.60. The number of nitrogen functional groups attached to an aromatic ring is 1. The Morgan fingerprint density at radius 2 is 2.24 bits per heavy atom. The van der Waals surface area contributed by atoms with E-state index in [0.29, 0.717) is 17.7 Å². The molecule has 2 heterocycles. The summed E-state index contributed by atoms with van der Waals surface area (Å²) in [5.74, 6) is 0.165. The number of nitrogens with zero attached hydrogens (tertiary/aromatic N) is 3. The first kappa shape index (κ1) is 18.7. The highest BCUT2D eigenvalue weighted by Crippen LogP contribution is 2.25. The molecule has 134 valence electrons. The van der Waals surface area contributed by atoms with Gasteiger partial charge in [0.05, 0.1) is 12.1 Å². The molecule has 0 saturated carbocycles. The van der Waals surface area contributed by atoms with E-state index < -0.39 is 5.60 Å². The molecule has 1 amide bonds. The molecule has 1 aromatic rings. The zero-order valence-corrected chi connectivity index (χ0v) is 15.3. The smallest absolute Gasteiger partial charge is 0.246 e. The van der Waals surface area contributed by atoms with Crippen molar-refractivity contribution < 1.29 is 9.90 Å². The Bertz CT molecular complexity index is 744. The normalized spacial score (nSPS) is 15.0. The zero-order chi connectivity index (χ0) is 18.8. The quantitative estimate of drug-likeness (QED) is 0.801. The minimum atomic E-state index is -1.09. The molecule has 6 nitrogen and oxygen atoms in total. The Kier molecular flexibility index (Phi) is 5.33. The number of allylic oxidation sites excluding steroid dienone is 1. The number of carbonyl (C=O) groups is 1. The van der Waals surface area contributed by atoms with Gasteiger partial charge in [-0.2, -0.15) is 0 Å². The third kappa shape index (κ3) is 4.48. The molecule has 1 aliphatic rings. The molecular weight excluding hydrogens is 316 g/mol. The molecule has 1 aliphatic heterocycles. The number of aromatic nitrogens is 1. The van der Waals surface area contributed by atoms with Crippen LogP contribution in [0.4, 0.5) is 5.82 Å². The molecule has 2 rings (SSSR count). The maximum atomic E-state index is 12.3. The third-order valence-corrected chi connectivity index (χ3v) is 4.27. The van der Waals surface area contributed by atoms with Crippen molar-refractivity contribution in [3.8, 4) is 0 Å². The first-order valence-electron chi connectivity index (χ1n) is 8.11. The van der Waals surface area contributed by atoms with E-state index in [0.717, 1.165) is 17.8 Å². The maximum absolute atomic E-state index is 12.3. The van der Waals surface area contributed by atoms with Gasteiger partial charge >= 0.3 is 0 Å². The van der Waals surface area contributed by atoms with Crippen LogP contribution >= 0.6 is 0 Å². The molecular formula is C19H26N4O2. The van der Waals surface area contributed by atoms with Crippen molar-refractivity contribution in [1.82, 2.24) is 14.8 Å². The van der Waals surface area contributed by atoms with E-state index in [1.807, 2.05) is 11.9 Å². The minimum Gasteiger partial charge on any atom is -0.386 e. The molecule has 0 unspecified atom stereocenters. The van der Waals surface area contributed by atoms with Gasteiger partial charge < -0.3 is 20.6 Å². The van der Waals surface area contributed by atoms with Crippen molar-refractivity contribution in [2.75, 3.05) is 26.4 Å². The van der Waals surface area contributed by atoms with Gasteiger partial charge in [-0.05, 0) is 31.6 Å². The number of hydrogen-bond acceptors (Lipinski definition) is 5. The summed E-state index contributed by atoms with van der Waals surface area (Å²) < 4.78 is 0. The number of rotatable bonds is 5. The van der Waals surface area contributed by atoms with Crippen LogP contribution in [0, 0.1) is 0 Å². The summed E-state index contributed by atoms with van der Waals surface area (Å²) in [5.41, 5.74) is 8.04. The average molecular weight is 342 g/mol. The molecule has 0 aliphatic carbocycles. The molecule has 0 saturated heterocycles. The molecule has 0 spiro atoms. The van der Waals surface area contributed by atoms with E-state index >= 15 is 0 Å². The number of carbonyl (C=O) groups excluding carboxylic acids is 1. The van der Waals surface area contributed by atoms with Crippen LogP contribution in [-0.4, -0.2) is 46.4 Å². The van der Waals surface area contributed by atoms with Gasteiger partial charge in [0.1, 0.15) is 5.82 Å². The van der Waals surface area contributed by atoms with Gasteiger partial charge in [0.15, 0.2) is 0 Å². The second kappa shape index (κ2) is 7.11. The van der Waals surface area contributed by atoms with Crippen molar-refractivity contribution >= 4 is 17.8 Å². The van der Waals surface area contributed by atoms with Crippen LogP contribution < -0.4 is 5.73 Å². The van der Waals surface area contributed by atoms with Crippen molar-refractivity contribution in [1.29, 1.82) is 0 Å². The molecule has 25 heavy (non-hydrogen) atoms. The highest BCUT2D eigenvalue weighted by atomic mass is 16.3. The number of anilines is 1. The summed E-state index contributed by atoms with van der Waals surface area (Å²) in [6.07, 6.45) is 7.64. The predicted molar refractivity (Wildman–Crippen MR) is 100 cm³/mol. The van der Waals surface area contributed by atoms with Crippen LogP contribution in [0.2, 0.25) is 0 Å². The van der Waals surface area contributed by atoms with Gasteiger partial charge in [-0.1, -0.05) is 12.7 Å². The summed E-state index contributed by atoms with van der Waals surface area (Å²) in [6, 6.07) is 1.74. The Morgan fingerprint density at radius 1 is 1.56 bits per heavy atom. The number of nitrogens with two attached hydrogens (primary N) is 1. The molecule has 6 heteroatoms. The number of hydrogen-bond donors (Lipinski definition) is 2.